The fourth-order valence-corrected chi connectivity index (χ4v) is 3.63. The summed E-state index contributed by atoms with van der Waals surface area (Å²) < 4.78 is 0. The van der Waals surface area contributed by atoms with Crippen molar-refractivity contribution in [3.63, 3.8) is 0 Å². The number of hydrogen-bond donors (Lipinski definition) is 0. The van der Waals surface area contributed by atoms with Crippen LogP contribution in [0.2, 0.25) is 0 Å². The minimum absolute atomic E-state index is 0.368. The minimum atomic E-state index is 0.368. The minimum Gasteiger partial charge on any atom is -0.0622 e. The highest BCUT2D eigenvalue weighted by Crippen LogP contribution is 2.47. The third-order valence-electron chi connectivity index (χ3n) is 4.56. The predicted octanol–water partition coefficient (Wildman–Crippen LogP) is 5.65. The molecule has 1 atom stereocenters. The fourth-order valence-electron chi connectivity index (χ4n) is 3.63. The van der Waals surface area contributed by atoms with Gasteiger partial charge < -0.3 is 0 Å². The van der Waals surface area contributed by atoms with E-state index >= 15 is 0 Å². The molecular weight excluding hydrogens is 264 g/mol. The van der Waals surface area contributed by atoms with Crippen LogP contribution in [0, 0.1) is 0 Å². The van der Waals surface area contributed by atoms with Crippen molar-refractivity contribution in [1.82, 2.24) is 0 Å². The van der Waals surface area contributed by atoms with Crippen molar-refractivity contribution in [3.8, 4) is 0 Å². The maximum atomic E-state index is 2.28. The van der Waals surface area contributed by atoms with Gasteiger partial charge in [-0.1, -0.05) is 90.5 Å². The number of allylic oxidation sites excluding steroid dienone is 1. The second kappa shape index (κ2) is 5.31. The van der Waals surface area contributed by atoms with Crippen LogP contribution >= 0.6 is 0 Å². The van der Waals surface area contributed by atoms with Gasteiger partial charge in [-0.3, -0.25) is 0 Å². The smallest absolute Gasteiger partial charge is 0.0311 e. The van der Waals surface area contributed by atoms with Crippen molar-refractivity contribution < 1.29 is 0 Å². The molecule has 1 aliphatic rings. The highest BCUT2D eigenvalue weighted by Gasteiger charge is 2.29. The largest absolute Gasteiger partial charge is 0.0622 e. The molecule has 0 bridgehead atoms. The Morgan fingerprint density at radius 1 is 0.636 bits per heavy atom. The van der Waals surface area contributed by atoms with Gasteiger partial charge in [-0.15, -0.1) is 0 Å². The first-order valence-corrected chi connectivity index (χ1v) is 7.76. The molecule has 0 heterocycles. The molecule has 3 aromatic rings. The molecule has 1 aliphatic carbocycles. The van der Waals surface area contributed by atoms with Gasteiger partial charge in [0.2, 0.25) is 0 Å². The fraction of sp³-hybridized carbons (Fsp3) is 0.0909. The molecule has 4 rings (SSSR count). The normalized spacial score (nSPS) is 16.7. The summed E-state index contributed by atoms with van der Waals surface area (Å²) in [6.45, 7) is 2.28. The summed E-state index contributed by atoms with van der Waals surface area (Å²) in [5, 5.41) is 0. The molecule has 0 spiro atoms. The molecule has 0 radical (unpaired) electrons. The Kier molecular flexibility index (Phi) is 3.16. The summed E-state index contributed by atoms with van der Waals surface area (Å²) in [6, 6.07) is 30.4. The van der Waals surface area contributed by atoms with Gasteiger partial charge in [0, 0.05) is 5.92 Å². The topological polar surface area (TPSA) is 0 Å². The van der Waals surface area contributed by atoms with Crippen LogP contribution in [0.4, 0.5) is 0 Å². The number of rotatable bonds is 2. The van der Waals surface area contributed by atoms with Gasteiger partial charge in [-0.05, 0) is 34.8 Å². The Morgan fingerprint density at radius 3 is 1.95 bits per heavy atom. The van der Waals surface area contributed by atoms with Gasteiger partial charge >= 0.3 is 0 Å². The molecule has 0 nitrogen and oxygen atoms in total. The highest BCUT2D eigenvalue weighted by molar-refractivity contribution is 5.89. The molecule has 0 aromatic heterocycles. The Balaban J connectivity index is 1.96. The average molecular weight is 282 g/mol. The van der Waals surface area contributed by atoms with Crippen molar-refractivity contribution in [2.75, 3.05) is 0 Å². The van der Waals surface area contributed by atoms with Crippen LogP contribution in [0.15, 0.2) is 90.5 Å². The maximum Gasteiger partial charge on any atom is 0.0311 e. The maximum absolute atomic E-state index is 2.28. The SMILES string of the molecule is CC1=C(c2ccccc2)c2ccccc2C1c1ccccc1. The molecule has 0 fully saturated rings. The first kappa shape index (κ1) is 13.1. The first-order valence-electron chi connectivity index (χ1n) is 7.76. The van der Waals surface area contributed by atoms with Crippen molar-refractivity contribution in [2.45, 2.75) is 12.8 Å². The molecule has 22 heavy (non-hydrogen) atoms. The van der Waals surface area contributed by atoms with Crippen LogP contribution in [0.25, 0.3) is 5.57 Å². The van der Waals surface area contributed by atoms with E-state index in [-0.39, 0.29) is 0 Å². The van der Waals surface area contributed by atoms with E-state index in [1.807, 2.05) is 0 Å². The van der Waals surface area contributed by atoms with Gasteiger partial charge in [-0.25, -0.2) is 0 Å². The second-order valence-electron chi connectivity index (χ2n) is 5.85. The van der Waals surface area contributed by atoms with Crippen LogP contribution in [-0.2, 0) is 0 Å². The summed E-state index contributed by atoms with van der Waals surface area (Å²) in [6.07, 6.45) is 0. The van der Waals surface area contributed by atoms with Crippen LogP contribution in [0.3, 0.4) is 0 Å². The van der Waals surface area contributed by atoms with Crippen LogP contribution in [-0.4, -0.2) is 0 Å². The monoisotopic (exact) mass is 282 g/mol. The Labute approximate surface area is 131 Å². The number of fused-ring (bicyclic) bond motifs is 1. The van der Waals surface area contributed by atoms with Gasteiger partial charge in [0.15, 0.2) is 0 Å². The molecular formula is C22H18. The van der Waals surface area contributed by atoms with Gasteiger partial charge in [0.25, 0.3) is 0 Å². The van der Waals surface area contributed by atoms with Crippen molar-refractivity contribution in [3.05, 3.63) is 113 Å². The zero-order chi connectivity index (χ0) is 14.9. The zero-order valence-electron chi connectivity index (χ0n) is 12.7. The third kappa shape index (κ3) is 2.00. The second-order valence-corrected chi connectivity index (χ2v) is 5.85. The Hall–Kier alpha value is -2.60. The lowest BCUT2D eigenvalue weighted by Gasteiger charge is -2.14. The van der Waals surface area contributed by atoms with Crippen LogP contribution in [0.5, 0.6) is 0 Å². The molecule has 1 unspecified atom stereocenters. The molecule has 0 amide bonds. The van der Waals surface area contributed by atoms with E-state index in [0.717, 1.165) is 0 Å². The average Bonchev–Trinajstić information content (AvgIpc) is 2.88. The van der Waals surface area contributed by atoms with E-state index in [2.05, 4.69) is 91.9 Å². The van der Waals surface area contributed by atoms with E-state index in [9.17, 15) is 0 Å². The molecule has 106 valence electrons. The summed E-state index contributed by atoms with van der Waals surface area (Å²) in [5.74, 6) is 0.368. The summed E-state index contributed by atoms with van der Waals surface area (Å²) in [7, 11) is 0. The number of benzene rings is 3. The number of hydrogen-bond acceptors (Lipinski definition) is 0. The lowest BCUT2D eigenvalue weighted by molar-refractivity contribution is 0.975. The predicted molar refractivity (Wildman–Crippen MR) is 92.9 cm³/mol. The van der Waals surface area contributed by atoms with Crippen LogP contribution < -0.4 is 0 Å². The summed E-state index contributed by atoms with van der Waals surface area (Å²) >= 11 is 0. The van der Waals surface area contributed by atoms with Gasteiger partial charge in [0.1, 0.15) is 0 Å². The molecule has 0 saturated heterocycles. The van der Waals surface area contributed by atoms with E-state index in [1.165, 1.54) is 33.4 Å². The quantitative estimate of drug-likeness (QED) is 0.569. The standard InChI is InChI=1S/C22H18/c1-16-21(17-10-4-2-5-11-17)19-14-8-9-15-20(19)22(16)18-12-6-3-7-13-18/h2-15,21H,1H3. The summed E-state index contributed by atoms with van der Waals surface area (Å²) in [5.41, 5.74) is 8.32. The van der Waals surface area contributed by atoms with Crippen molar-refractivity contribution >= 4 is 5.57 Å². The highest BCUT2D eigenvalue weighted by atomic mass is 14.3. The first-order chi connectivity index (χ1) is 10.9. The van der Waals surface area contributed by atoms with Gasteiger partial charge in [0.05, 0.1) is 0 Å². The van der Waals surface area contributed by atoms with E-state index < -0.39 is 0 Å². The molecule has 0 N–H and O–H groups in total. The third-order valence-corrected chi connectivity index (χ3v) is 4.56. The van der Waals surface area contributed by atoms with E-state index in [4.69, 9.17) is 0 Å². The zero-order valence-corrected chi connectivity index (χ0v) is 12.7. The molecule has 0 heteroatoms. The van der Waals surface area contributed by atoms with Crippen molar-refractivity contribution in [1.29, 1.82) is 0 Å². The summed E-state index contributed by atoms with van der Waals surface area (Å²) in [4.78, 5) is 0. The Morgan fingerprint density at radius 2 is 1.23 bits per heavy atom. The molecule has 0 saturated carbocycles. The molecule has 3 aromatic carbocycles. The van der Waals surface area contributed by atoms with E-state index in [1.54, 1.807) is 0 Å². The lowest BCUT2D eigenvalue weighted by atomic mass is 9.89. The molecule has 0 aliphatic heterocycles. The lowest BCUT2D eigenvalue weighted by Crippen LogP contribution is -1.98. The van der Waals surface area contributed by atoms with Gasteiger partial charge in [-0.2, -0.15) is 0 Å². The van der Waals surface area contributed by atoms with Crippen LogP contribution in [0.1, 0.15) is 35.1 Å². The van der Waals surface area contributed by atoms with E-state index in [0.29, 0.717) is 5.92 Å². The van der Waals surface area contributed by atoms with Crippen molar-refractivity contribution in [2.24, 2.45) is 0 Å². The Bertz CT molecular complexity index is 826.